The Labute approximate surface area is 95.0 Å². The van der Waals surface area contributed by atoms with Gasteiger partial charge in [0.05, 0.1) is 0 Å². The zero-order valence-corrected chi connectivity index (χ0v) is 9.71. The second-order valence-corrected chi connectivity index (χ2v) is 3.81. The summed E-state index contributed by atoms with van der Waals surface area (Å²) >= 11 is 0. The van der Waals surface area contributed by atoms with Crippen molar-refractivity contribution in [3.8, 4) is 0 Å². The average Bonchev–Trinajstić information content (AvgIpc) is 2.61. The molecule has 0 aliphatic carbocycles. The minimum absolute atomic E-state index is 0.0387. The zero-order chi connectivity index (χ0) is 12.0. The molecule has 1 aromatic rings. The highest BCUT2D eigenvalue weighted by Crippen LogP contribution is 2.06. The van der Waals surface area contributed by atoms with E-state index in [4.69, 9.17) is 4.42 Å². The van der Waals surface area contributed by atoms with E-state index in [0.29, 0.717) is 19.4 Å². The average molecular weight is 223 g/mol. The highest BCUT2D eigenvalue weighted by molar-refractivity contribution is 5.83. The molecule has 4 heteroatoms. The van der Waals surface area contributed by atoms with Crippen molar-refractivity contribution in [1.82, 2.24) is 5.32 Å². The van der Waals surface area contributed by atoms with E-state index >= 15 is 0 Å². The van der Waals surface area contributed by atoms with Gasteiger partial charge in [-0.25, -0.2) is 0 Å². The van der Waals surface area contributed by atoms with Crippen LogP contribution < -0.4 is 5.32 Å². The third-order valence-electron chi connectivity index (χ3n) is 2.19. The smallest absolute Gasteiger partial charge is 0.220 e. The molecule has 0 radical (unpaired) electrons. The van der Waals surface area contributed by atoms with E-state index in [2.05, 4.69) is 5.32 Å². The molecule has 0 aliphatic rings. The number of nitrogens with one attached hydrogen (secondary N) is 1. The summed E-state index contributed by atoms with van der Waals surface area (Å²) in [4.78, 5) is 21.9. The number of Topliss-reactive ketones (excluding diaryl/α,β-unsaturated/α-hetero) is 1. The zero-order valence-electron chi connectivity index (χ0n) is 9.71. The molecule has 16 heavy (non-hydrogen) atoms. The first kappa shape index (κ1) is 12.5. The third kappa shape index (κ3) is 4.77. The lowest BCUT2D eigenvalue weighted by Gasteiger charge is -2.02. The van der Waals surface area contributed by atoms with Crippen LogP contribution in [0.5, 0.6) is 0 Å². The number of rotatable bonds is 6. The molecule has 0 saturated carbocycles. The van der Waals surface area contributed by atoms with Crippen LogP contribution in [-0.4, -0.2) is 18.2 Å². The van der Waals surface area contributed by atoms with Crippen LogP contribution in [0, 0.1) is 6.92 Å². The molecule has 1 heterocycles. The van der Waals surface area contributed by atoms with Gasteiger partial charge in [-0.2, -0.15) is 0 Å². The van der Waals surface area contributed by atoms with Crippen molar-refractivity contribution in [2.75, 3.05) is 6.54 Å². The van der Waals surface area contributed by atoms with Crippen LogP contribution in [0.1, 0.15) is 31.3 Å². The van der Waals surface area contributed by atoms with E-state index in [-0.39, 0.29) is 18.1 Å². The number of aryl methyl sites for hydroxylation is 1. The molecule has 1 amide bonds. The Kier molecular flexibility index (Phi) is 4.76. The Morgan fingerprint density at radius 1 is 1.31 bits per heavy atom. The van der Waals surface area contributed by atoms with Gasteiger partial charge in [0.15, 0.2) is 0 Å². The van der Waals surface area contributed by atoms with E-state index in [1.54, 1.807) is 0 Å². The van der Waals surface area contributed by atoms with Crippen LogP contribution in [0.2, 0.25) is 0 Å². The van der Waals surface area contributed by atoms with Crippen molar-refractivity contribution in [2.24, 2.45) is 0 Å². The maximum Gasteiger partial charge on any atom is 0.220 e. The molecule has 0 saturated heterocycles. The summed E-state index contributed by atoms with van der Waals surface area (Å²) in [6.07, 6.45) is 1.26. The van der Waals surface area contributed by atoms with Crippen LogP contribution in [0.4, 0.5) is 0 Å². The fourth-order valence-electron chi connectivity index (χ4n) is 1.32. The largest absolute Gasteiger partial charge is 0.466 e. The number of ketones is 1. The molecule has 0 aliphatic heterocycles. The molecule has 1 rings (SSSR count). The van der Waals surface area contributed by atoms with Crippen LogP contribution in [-0.2, 0) is 16.0 Å². The maximum atomic E-state index is 11.2. The van der Waals surface area contributed by atoms with Gasteiger partial charge in [-0.1, -0.05) is 0 Å². The predicted molar refractivity (Wildman–Crippen MR) is 60.1 cm³/mol. The lowest BCUT2D eigenvalue weighted by molar-refractivity contribution is -0.124. The van der Waals surface area contributed by atoms with Gasteiger partial charge in [0.25, 0.3) is 0 Å². The summed E-state index contributed by atoms with van der Waals surface area (Å²) in [5.74, 6) is 1.69. The molecule has 88 valence electrons. The van der Waals surface area contributed by atoms with Crippen molar-refractivity contribution in [1.29, 1.82) is 0 Å². The summed E-state index contributed by atoms with van der Waals surface area (Å²) in [7, 11) is 0. The van der Waals surface area contributed by atoms with Crippen molar-refractivity contribution >= 4 is 11.7 Å². The van der Waals surface area contributed by atoms with Crippen molar-refractivity contribution < 1.29 is 14.0 Å². The van der Waals surface area contributed by atoms with E-state index in [1.165, 1.54) is 6.92 Å². The maximum absolute atomic E-state index is 11.2. The predicted octanol–water partition coefficient (Wildman–Crippen LogP) is 1.62. The molecule has 4 nitrogen and oxygen atoms in total. The van der Waals surface area contributed by atoms with Crippen LogP contribution in [0.25, 0.3) is 0 Å². The SMILES string of the molecule is CC(=O)CCC(=O)NCCc1ccc(C)o1. The highest BCUT2D eigenvalue weighted by atomic mass is 16.3. The molecule has 1 aromatic heterocycles. The van der Waals surface area contributed by atoms with Crippen molar-refractivity contribution in [3.05, 3.63) is 23.7 Å². The van der Waals surface area contributed by atoms with Crippen LogP contribution in [0.3, 0.4) is 0 Å². The molecular formula is C12H17NO3. The summed E-state index contributed by atoms with van der Waals surface area (Å²) in [6, 6.07) is 3.80. The van der Waals surface area contributed by atoms with E-state index in [1.807, 2.05) is 19.1 Å². The topological polar surface area (TPSA) is 59.3 Å². The fourth-order valence-corrected chi connectivity index (χ4v) is 1.32. The molecule has 1 N–H and O–H groups in total. The number of furan rings is 1. The Bertz CT molecular complexity index is 368. The van der Waals surface area contributed by atoms with Crippen LogP contribution >= 0.6 is 0 Å². The molecule has 0 atom stereocenters. The number of carbonyl (C=O) groups is 2. The van der Waals surface area contributed by atoms with Gasteiger partial charge < -0.3 is 14.5 Å². The van der Waals surface area contributed by atoms with E-state index in [9.17, 15) is 9.59 Å². The molecule has 0 unspecified atom stereocenters. The monoisotopic (exact) mass is 223 g/mol. The summed E-state index contributed by atoms with van der Waals surface area (Å²) < 4.78 is 5.36. The molecule has 0 bridgehead atoms. The van der Waals surface area contributed by atoms with Gasteiger partial charge in [-0.15, -0.1) is 0 Å². The minimum Gasteiger partial charge on any atom is -0.466 e. The molecule has 0 spiro atoms. The number of hydrogen-bond acceptors (Lipinski definition) is 3. The first-order chi connectivity index (χ1) is 7.58. The summed E-state index contributed by atoms with van der Waals surface area (Å²) in [5, 5.41) is 2.74. The van der Waals surface area contributed by atoms with E-state index < -0.39 is 0 Å². The lowest BCUT2D eigenvalue weighted by Crippen LogP contribution is -2.25. The normalized spacial score (nSPS) is 10.1. The Morgan fingerprint density at radius 2 is 2.06 bits per heavy atom. The number of amides is 1. The van der Waals surface area contributed by atoms with Crippen LogP contribution in [0.15, 0.2) is 16.5 Å². The standard InChI is InChI=1S/C12H17NO3/c1-9(14)3-6-12(15)13-8-7-11-5-4-10(2)16-11/h4-5H,3,6-8H2,1-2H3,(H,13,15). The summed E-state index contributed by atoms with van der Waals surface area (Å²) in [5.41, 5.74) is 0. The Hall–Kier alpha value is -1.58. The second-order valence-electron chi connectivity index (χ2n) is 3.81. The van der Waals surface area contributed by atoms with Gasteiger partial charge in [-0.05, 0) is 26.0 Å². The van der Waals surface area contributed by atoms with E-state index in [0.717, 1.165) is 11.5 Å². The fraction of sp³-hybridized carbons (Fsp3) is 0.500. The van der Waals surface area contributed by atoms with Gasteiger partial charge >= 0.3 is 0 Å². The molecule has 0 aromatic carbocycles. The van der Waals surface area contributed by atoms with Crippen molar-refractivity contribution in [2.45, 2.75) is 33.1 Å². The lowest BCUT2D eigenvalue weighted by atomic mass is 10.2. The quantitative estimate of drug-likeness (QED) is 0.797. The first-order valence-electron chi connectivity index (χ1n) is 5.39. The number of carbonyl (C=O) groups excluding carboxylic acids is 2. The minimum atomic E-state index is -0.0847. The summed E-state index contributed by atoms with van der Waals surface area (Å²) in [6.45, 7) is 3.91. The first-order valence-corrected chi connectivity index (χ1v) is 5.39. The highest BCUT2D eigenvalue weighted by Gasteiger charge is 2.03. The van der Waals surface area contributed by atoms with Crippen molar-refractivity contribution in [3.63, 3.8) is 0 Å². The van der Waals surface area contributed by atoms with Gasteiger partial charge in [0, 0.05) is 25.8 Å². The molecule has 0 fully saturated rings. The number of hydrogen-bond donors (Lipinski definition) is 1. The third-order valence-corrected chi connectivity index (χ3v) is 2.19. The van der Waals surface area contributed by atoms with Gasteiger partial charge in [-0.3, -0.25) is 4.79 Å². The second kappa shape index (κ2) is 6.10. The molecular weight excluding hydrogens is 206 g/mol. The Morgan fingerprint density at radius 3 is 2.62 bits per heavy atom. The Balaban J connectivity index is 2.15. The van der Waals surface area contributed by atoms with Gasteiger partial charge in [0.2, 0.25) is 5.91 Å². The van der Waals surface area contributed by atoms with Gasteiger partial charge in [0.1, 0.15) is 17.3 Å².